The van der Waals surface area contributed by atoms with Gasteiger partial charge in [0.1, 0.15) is 12.4 Å². The zero-order valence-corrected chi connectivity index (χ0v) is 13.6. The third-order valence-electron chi connectivity index (χ3n) is 4.04. The lowest BCUT2D eigenvalue weighted by molar-refractivity contribution is -0.118. The van der Waals surface area contributed by atoms with E-state index in [1.165, 1.54) is 11.1 Å². The second kappa shape index (κ2) is 9.23. The van der Waals surface area contributed by atoms with E-state index in [4.69, 9.17) is 0 Å². The summed E-state index contributed by atoms with van der Waals surface area (Å²) in [5.74, 6) is 0. The summed E-state index contributed by atoms with van der Waals surface area (Å²) in [5, 5.41) is 10.2. The maximum absolute atomic E-state index is 11.2. The van der Waals surface area contributed by atoms with Crippen molar-refractivity contribution < 1.29 is 9.90 Å². The summed E-state index contributed by atoms with van der Waals surface area (Å²) < 4.78 is 0. The van der Waals surface area contributed by atoms with Gasteiger partial charge in [0, 0.05) is 19.1 Å². The van der Waals surface area contributed by atoms with Crippen molar-refractivity contribution in [1.82, 2.24) is 4.90 Å². The average molecular weight is 311 g/mol. The first-order chi connectivity index (χ1) is 11.2. The van der Waals surface area contributed by atoms with E-state index in [0.29, 0.717) is 19.4 Å². The molecule has 3 nitrogen and oxygen atoms in total. The highest BCUT2D eigenvalue weighted by molar-refractivity contribution is 5.56. The molecule has 2 atom stereocenters. The number of hydrogen-bond acceptors (Lipinski definition) is 3. The lowest BCUT2D eigenvalue weighted by atomic mass is 10.0. The van der Waals surface area contributed by atoms with Crippen molar-refractivity contribution in [3.05, 3.63) is 71.8 Å². The minimum Gasteiger partial charge on any atom is -0.384 e. The summed E-state index contributed by atoms with van der Waals surface area (Å²) in [6.45, 7) is 3.50. The molecule has 0 aliphatic carbocycles. The molecular formula is C20H25NO2. The molecule has 0 saturated heterocycles. The first-order valence-electron chi connectivity index (χ1n) is 8.20. The highest BCUT2D eigenvalue weighted by atomic mass is 16.3. The number of hydrogen-bond donors (Lipinski definition) is 1. The first-order valence-corrected chi connectivity index (χ1v) is 8.20. The van der Waals surface area contributed by atoms with Crippen molar-refractivity contribution in [3.63, 3.8) is 0 Å². The number of nitrogens with zero attached hydrogens (tertiary/aromatic N) is 1. The van der Waals surface area contributed by atoms with Gasteiger partial charge in [0.15, 0.2) is 0 Å². The number of carbonyl (C=O) groups is 1. The third kappa shape index (κ3) is 5.31. The number of aldehydes is 1. The van der Waals surface area contributed by atoms with Crippen LogP contribution in [-0.4, -0.2) is 28.4 Å². The molecule has 122 valence electrons. The van der Waals surface area contributed by atoms with Crippen molar-refractivity contribution in [2.75, 3.05) is 0 Å². The fourth-order valence-electron chi connectivity index (χ4n) is 2.88. The molecule has 0 fully saturated rings. The Bertz CT molecular complexity index is 529. The zero-order chi connectivity index (χ0) is 16.5. The summed E-state index contributed by atoms with van der Waals surface area (Å²) in [5.41, 5.74) is 2.37. The molecule has 3 heteroatoms. The number of benzene rings is 2. The largest absolute Gasteiger partial charge is 0.384 e. The van der Waals surface area contributed by atoms with Crippen molar-refractivity contribution >= 4 is 6.29 Å². The molecule has 0 spiro atoms. The van der Waals surface area contributed by atoms with Crippen LogP contribution in [0.5, 0.6) is 0 Å². The van der Waals surface area contributed by atoms with Crippen LogP contribution in [0, 0.1) is 0 Å². The van der Waals surface area contributed by atoms with Crippen molar-refractivity contribution in [1.29, 1.82) is 0 Å². The van der Waals surface area contributed by atoms with Crippen molar-refractivity contribution in [3.8, 4) is 0 Å². The highest BCUT2D eigenvalue weighted by Crippen LogP contribution is 2.18. The molecule has 1 N–H and O–H groups in total. The van der Waals surface area contributed by atoms with Crippen LogP contribution < -0.4 is 0 Å². The van der Waals surface area contributed by atoms with Gasteiger partial charge in [-0.05, 0) is 17.5 Å². The average Bonchev–Trinajstić information content (AvgIpc) is 2.60. The van der Waals surface area contributed by atoms with E-state index in [0.717, 1.165) is 12.8 Å². The predicted molar refractivity (Wildman–Crippen MR) is 92.9 cm³/mol. The molecule has 0 aliphatic heterocycles. The molecule has 0 unspecified atom stereocenters. The Labute approximate surface area is 138 Å². The zero-order valence-electron chi connectivity index (χ0n) is 13.6. The number of aliphatic hydroxyl groups is 1. The van der Waals surface area contributed by atoms with Gasteiger partial charge in [-0.15, -0.1) is 0 Å². The highest BCUT2D eigenvalue weighted by Gasteiger charge is 2.25. The van der Waals surface area contributed by atoms with Crippen LogP contribution in [0.15, 0.2) is 60.7 Å². The van der Waals surface area contributed by atoms with Gasteiger partial charge in [-0.1, -0.05) is 74.0 Å². The van der Waals surface area contributed by atoms with Gasteiger partial charge in [0.25, 0.3) is 0 Å². The fourth-order valence-corrected chi connectivity index (χ4v) is 2.88. The molecule has 0 saturated carbocycles. The molecule has 2 rings (SSSR count). The van der Waals surface area contributed by atoms with Gasteiger partial charge >= 0.3 is 0 Å². The van der Waals surface area contributed by atoms with Crippen LogP contribution in [-0.2, 0) is 17.9 Å². The van der Waals surface area contributed by atoms with Crippen LogP contribution in [0.3, 0.4) is 0 Å². The van der Waals surface area contributed by atoms with E-state index in [9.17, 15) is 9.90 Å². The van der Waals surface area contributed by atoms with Gasteiger partial charge in [-0.25, -0.2) is 0 Å². The number of aliphatic hydroxyl groups excluding tert-OH is 1. The molecule has 0 amide bonds. The first kappa shape index (κ1) is 17.4. The van der Waals surface area contributed by atoms with Crippen molar-refractivity contribution in [2.45, 2.75) is 45.0 Å². The predicted octanol–water partition coefficient (Wildman–Crippen LogP) is 3.42. The molecule has 2 aromatic rings. The van der Waals surface area contributed by atoms with E-state index in [2.05, 4.69) is 36.1 Å². The molecule has 0 aliphatic rings. The van der Waals surface area contributed by atoms with E-state index in [1.54, 1.807) is 0 Å². The molecule has 2 aromatic carbocycles. The van der Waals surface area contributed by atoms with Crippen LogP contribution in [0.1, 0.15) is 30.9 Å². The van der Waals surface area contributed by atoms with Gasteiger partial charge in [-0.2, -0.15) is 0 Å². The molecule has 0 heterocycles. The van der Waals surface area contributed by atoms with Crippen LogP contribution in [0.25, 0.3) is 0 Å². The Hall–Kier alpha value is -1.97. The molecular weight excluding hydrogens is 286 g/mol. The van der Waals surface area contributed by atoms with E-state index >= 15 is 0 Å². The Morgan fingerprint density at radius 3 is 1.83 bits per heavy atom. The van der Waals surface area contributed by atoms with Crippen LogP contribution >= 0.6 is 0 Å². The van der Waals surface area contributed by atoms with Gasteiger partial charge < -0.3 is 9.90 Å². The van der Waals surface area contributed by atoms with E-state index in [1.807, 2.05) is 36.4 Å². The Morgan fingerprint density at radius 2 is 1.43 bits per heavy atom. The van der Waals surface area contributed by atoms with Gasteiger partial charge in [0.05, 0.1) is 0 Å². The summed E-state index contributed by atoms with van der Waals surface area (Å²) >= 11 is 0. The SMILES string of the molecule is CCC[C@@H]([C@H](O)C=O)N(Cc1ccccc1)Cc1ccccc1. The minimum absolute atomic E-state index is 0.169. The van der Waals surface area contributed by atoms with Crippen molar-refractivity contribution in [2.24, 2.45) is 0 Å². The lowest BCUT2D eigenvalue weighted by Crippen LogP contribution is -2.43. The van der Waals surface area contributed by atoms with Gasteiger partial charge in [0.2, 0.25) is 0 Å². The van der Waals surface area contributed by atoms with E-state index in [-0.39, 0.29) is 6.04 Å². The standard InChI is InChI=1S/C20H25NO2/c1-2-9-19(20(23)16-22)21(14-17-10-5-3-6-11-17)15-18-12-7-4-8-13-18/h3-8,10-13,16,19-20,23H,2,9,14-15H2,1H3/t19-,20+/m0/s1. The normalized spacial score (nSPS) is 13.7. The quantitative estimate of drug-likeness (QED) is 0.721. The van der Waals surface area contributed by atoms with E-state index < -0.39 is 6.10 Å². The maximum atomic E-state index is 11.2. The monoisotopic (exact) mass is 311 g/mol. The molecule has 0 aromatic heterocycles. The summed E-state index contributed by atoms with van der Waals surface area (Å²) in [7, 11) is 0. The molecule has 23 heavy (non-hydrogen) atoms. The molecule has 0 radical (unpaired) electrons. The number of rotatable bonds is 9. The third-order valence-corrected chi connectivity index (χ3v) is 4.04. The Morgan fingerprint density at radius 1 is 0.957 bits per heavy atom. The van der Waals surface area contributed by atoms with Gasteiger partial charge in [-0.3, -0.25) is 4.90 Å². The topological polar surface area (TPSA) is 40.5 Å². The second-order valence-corrected chi connectivity index (χ2v) is 5.86. The Balaban J connectivity index is 2.23. The smallest absolute Gasteiger partial charge is 0.150 e. The molecule has 0 bridgehead atoms. The summed E-state index contributed by atoms with van der Waals surface area (Å²) in [6.07, 6.45) is 1.42. The second-order valence-electron chi connectivity index (χ2n) is 5.86. The minimum atomic E-state index is -0.956. The number of carbonyl (C=O) groups excluding carboxylic acids is 1. The lowest BCUT2D eigenvalue weighted by Gasteiger charge is -2.33. The summed E-state index contributed by atoms with van der Waals surface area (Å²) in [4.78, 5) is 13.4. The summed E-state index contributed by atoms with van der Waals surface area (Å²) in [6, 6.07) is 20.2. The van der Waals surface area contributed by atoms with Crippen LogP contribution in [0.2, 0.25) is 0 Å². The fraction of sp³-hybridized carbons (Fsp3) is 0.350. The Kier molecular flexibility index (Phi) is 6.98. The maximum Gasteiger partial charge on any atom is 0.150 e. The van der Waals surface area contributed by atoms with Crippen LogP contribution in [0.4, 0.5) is 0 Å².